The molecule has 0 saturated heterocycles. The number of rotatable bonds is 4. The summed E-state index contributed by atoms with van der Waals surface area (Å²) in [6.45, 7) is 0.252. The largest absolute Gasteiger partial charge is 0.326 e. The molecule has 0 aliphatic rings. The first kappa shape index (κ1) is 15.0. The molecule has 0 unspecified atom stereocenters. The maximum Gasteiger partial charge on any atom is 0.175 e. The molecule has 0 fully saturated rings. The van der Waals surface area contributed by atoms with Crippen molar-refractivity contribution in [3.8, 4) is 0 Å². The van der Waals surface area contributed by atoms with E-state index in [4.69, 9.17) is 5.73 Å². The van der Waals surface area contributed by atoms with E-state index in [9.17, 15) is 12.8 Å². The summed E-state index contributed by atoms with van der Waals surface area (Å²) in [6, 6.07) is 11.1. The summed E-state index contributed by atoms with van der Waals surface area (Å²) >= 11 is 1.23. The van der Waals surface area contributed by atoms with E-state index in [1.54, 1.807) is 24.3 Å². The molecular formula is C14H14FNO2S2. The predicted octanol–water partition coefficient (Wildman–Crippen LogP) is 2.84. The molecule has 6 heteroatoms. The Morgan fingerprint density at radius 1 is 1.15 bits per heavy atom. The minimum atomic E-state index is -3.22. The third-order valence-corrected chi connectivity index (χ3v) is 5.04. The van der Waals surface area contributed by atoms with Crippen molar-refractivity contribution >= 4 is 21.6 Å². The van der Waals surface area contributed by atoms with Gasteiger partial charge in [-0.3, -0.25) is 0 Å². The highest BCUT2D eigenvalue weighted by molar-refractivity contribution is 7.99. The van der Waals surface area contributed by atoms with E-state index in [0.717, 1.165) is 16.7 Å². The maximum absolute atomic E-state index is 13.8. The summed E-state index contributed by atoms with van der Waals surface area (Å²) < 4.78 is 36.6. The standard InChI is InChI=1S/C14H14FNO2S2/c1-20(17,18)12-7-5-11(6-8-12)19-14-10(9-16)3-2-4-13(14)15/h2-8H,9,16H2,1H3. The van der Waals surface area contributed by atoms with Gasteiger partial charge in [0.1, 0.15) is 5.82 Å². The third-order valence-electron chi connectivity index (χ3n) is 2.74. The first-order valence-corrected chi connectivity index (χ1v) is 8.58. The fourth-order valence-electron chi connectivity index (χ4n) is 1.70. The van der Waals surface area contributed by atoms with E-state index in [0.29, 0.717) is 4.90 Å². The van der Waals surface area contributed by atoms with Gasteiger partial charge in [-0.1, -0.05) is 23.9 Å². The number of hydrogen-bond acceptors (Lipinski definition) is 4. The second kappa shape index (κ2) is 5.95. The highest BCUT2D eigenvalue weighted by atomic mass is 32.2. The zero-order valence-corrected chi connectivity index (χ0v) is 12.5. The summed E-state index contributed by atoms with van der Waals surface area (Å²) in [5, 5.41) is 0. The lowest BCUT2D eigenvalue weighted by molar-refractivity contribution is 0.597. The van der Waals surface area contributed by atoms with Crippen LogP contribution in [-0.4, -0.2) is 14.7 Å². The van der Waals surface area contributed by atoms with Gasteiger partial charge in [-0.15, -0.1) is 0 Å². The summed E-state index contributed by atoms with van der Waals surface area (Å²) in [6.07, 6.45) is 1.15. The Balaban J connectivity index is 2.32. The lowest BCUT2D eigenvalue weighted by Crippen LogP contribution is -2.00. The SMILES string of the molecule is CS(=O)(=O)c1ccc(Sc2c(F)cccc2CN)cc1. The first-order valence-electron chi connectivity index (χ1n) is 5.87. The lowest BCUT2D eigenvalue weighted by atomic mass is 10.2. The molecule has 20 heavy (non-hydrogen) atoms. The molecule has 0 saturated carbocycles. The highest BCUT2D eigenvalue weighted by Gasteiger charge is 2.11. The summed E-state index contributed by atoms with van der Waals surface area (Å²) in [7, 11) is -3.22. The van der Waals surface area contributed by atoms with E-state index in [-0.39, 0.29) is 17.3 Å². The molecule has 0 amide bonds. The van der Waals surface area contributed by atoms with E-state index in [1.807, 2.05) is 0 Å². The fourth-order valence-corrected chi connectivity index (χ4v) is 3.29. The van der Waals surface area contributed by atoms with E-state index in [2.05, 4.69) is 0 Å². The molecule has 0 radical (unpaired) electrons. The van der Waals surface area contributed by atoms with Gasteiger partial charge in [0.05, 0.1) is 9.79 Å². The van der Waals surface area contributed by atoms with Gasteiger partial charge in [-0.25, -0.2) is 12.8 Å². The van der Waals surface area contributed by atoms with Crippen molar-refractivity contribution in [2.45, 2.75) is 21.2 Å². The van der Waals surface area contributed by atoms with E-state index < -0.39 is 9.84 Å². The quantitative estimate of drug-likeness (QED) is 0.943. The molecule has 0 bridgehead atoms. The molecule has 2 aromatic carbocycles. The zero-order chi connectivity index (χ0) is 14.8. The number of sulfone groups is 1. The van der Waals surface area contributed by atoms with Crippen molar-refractivity contribution in [3.05, 3.63) is 53.8 Å². The van der Waals surface area contributed by atoms with Gasteiger partial charge in [-0.05, 0) is 35.9 Å². The Bertz CT molecular complexity index is 712. The molecule has 2 rings (SSSR count). The Hall–Kier alpha value is -1.37. The molecule has 0 spiro atoms. The molecule has 0 atom stereocenters. The molecule has 3 nitrogen and oxygen atoms in total. The van der Waals surface area contributed by atoms with Gasteiger partial charge in [0.2, 0.25) is 0 Å². The zero-order valence-electron chi connectivity index (χ0n) is 10.8. The molecular weight excluding hydrogens is 297 g/mol. The Kier molecular flexibility index (Phi) is 4.47. The monoisotopic (exact) mass is 311 g/mol. The number of hydrogen-bond donors (Lipinski definition) is 1. The second-order valence-corrected chi connectivity index (χ2v) is 7.38. The van der Waals surface area contributed by atoms with Crippen LogP contribution in [0, 0.1) is 5.82 Å². The molecule has 0 aliphatic heterocycles. The number of nitrogens with two attached hydrogens (primary N) is 1. The minimum absolute atomic E-state index is 0.245. The molecule has 2 aromatic rings. The average molecular weight is 311 g/mol. The normalized spacial score (nSPS) is 11.6. The van der Waals surface area contributed by atoms with Crippen LogP contribution >= 0.6 is 11.8 Å². The van der Waals surface area contributed by atoms with E-state index in [1.165, 1.54) is 30.0 Å². The molecule has 0 aromatic heterocycles. The molecule has 0 heterocycles. The number of halogens is 1. The number of benzene rings is 2. The minimum Gasteiger partial charge on any atom is -0.326 e. The smallest absolute Gasteiger partial charge is 0.175 e. The highest BCUT2D eigenvalue weighted by Crippen LogP contribution is 2.33. The average Bonchev–Trinajstić information content (AvgIpc) is 2.40. The van der Waals surface area contributed by atoms with Crippen LogP contribution in [-0.2, 0) is 16.4 Å². The van der Waals surface area contributed by atoms with Crippen LogP contribution in [0.15, 0.2) is 57.2 Å². The Morgan fingerprint density at radius 3 is 2.35 bits per heavy atom. The van der Waals surface area contributed by atoms with Gasteiger partial charge < -0.3 is 5.73 Å². The summed E-state index contributed by atoms with van der Waals surface area (Å²) in [4.78, 5) is 1.48. The van der Waals surface area contributed by atoms with Crippen LogP contribution in [0.4, 0.5) is 4.39 Å². The Labute approximate surface area is 121 Å². The van der Waals surface area contributed by atoms with Gasteiger partial charge in [0.25, 0.3) is 0 Å². The van der Waals surface area contributed by atoms with E-state index >= 15 is 0 Å². The maximum atomic E-state index is 13.8. The van der Waals surface area contributed by atoms with Crippen LogP contribution in [0.25, 0.3) is 0 Å². The van der Waals surface area contributed by atoms with Crippen molar-refractivity contribution in [1.82, 2.24) is 0 Å². The van der Waals surface area contributed by atoms with Crippen molar-refractivity contribution in [3.63, 3.8) is 0 Å². The summed E-state index contributed by atoms with van der Waals surface area (Å²) in [5.74, 6) is -0.329. The Morgan fingerprint density at radius 2 is 1.80 bits per heavy atom. The second-order valence-electron chi connectivity index (χ2n) is 4.28. The first-order chi connectivity index (χ1) is 9.41. The topological polar surface area (TPSA) is 60.2 Å². The van der Waals surface area contributed by atoms with Crippen LogP contribution < -0.4 is 5.73 Å². The van der Waals surface area contributed by atoms with Crippen LogP contribution in [0.1, 0.15) is 5.56 Å². The molecule has 2 N–H and O–H groups in total. The van der Waals surface area contributed by atoms with Crippen molar-refractivity contribution in [2.75, 3.05) is 6.26 Å². The van der Waals surface area contributed by atoms with Crippen molar-refractivity contribution in [2.24, 2.45) is 5.73 Å². The van der Waals surface area contributed by atoms with Gasteiger partial charge in [0.15, 0.2) is 9.84 Å². The third kappa shape index (κ3) is 3.39. The van der Waals surface area contributed by atoms with Gasteiger partial charge >= 0.3 is 0 Å². The lowest BCUT2D eigenvalue weighted by Gasteiger charge is -2.09. The van der Waals surface area contributed by atoms with Gasteiger partial charge in [-0.2, -0.15) is 0 Å². The summed E-state index contributed by atoms with van der Waals surface area (Å²) in [5.41, 5.74) is 6.32. The van der Waals surface area contributed by atoms with Crippen LogP contribution in [0.3, 0.4) is 0 Å². The fraction of sp³-hybridized carbons (Fsp3) is 0.143. The van der Waals surface area contributed by atoms with Crippen molar-refractivity contribution in [1.29, 1.82) is 0 Å². The van der Waals surface area contributed by atoms with Gasteiger partial charge in [0, 0.05) is 17.7 Å². The molecule has 0 aliphatic carbocycles. The van der Waals surface area contributed by atoms with Crippen LogP contribution in [0.5, 0.6) is 0 Å². The predicted molar refractivity (Wildman–Crippen MR) is 78.0 cm³/mol. The van der Waals surface area contributed by atoms with Crippen molar-refractivity contribution < 1.29 is 12.8 Å². The molecule has 106 valence electrons. The van der Waals surface area contributed by atoms with Crippen LogP contribution in [0.2, 0.25) is 0 Å².